The van der Waals surface area contributed by atoms with Crippen molar-refractivity contribution in [1.82, 2.24) is 0 Å². The molecule has 0 amide bonds. The van der Waals surface area contributed by atoms with E-state index in [9.17, 15) is 9.90 Å². The van der Waals surface area contributed by atoms with E-state index in [1.807, 2.05) is 0 Å². The largest absolute Gasteiger partial charge is 0.287 e. The average Bonchev–Trinajstić information content (AvgIpc) is 2.18. The first-order valence-electron chi connectivity index (χ1n) is 3.09. The van der Waals surface area contributed by atoms with Crippen LogP contribution in [0.2, 0.25) is 0 Å². The van der Waals surface area contributed by atoms with Gasteiger partial charge in [-0.3, -0.25) is 4.79 Å². The maximum absolute atomic E-state index is 10.8. The molecule has 0 aromatic heterocycles. The summed E-state index contributed by atoms with van der Waals surface area (Å²) in [4.78, 5) is 10.8. The van der Waals surface area contributed by atoms with Gasteiger partial charge in [0.1, 0.15) is 0 Å². The summed E-state index contributed by atoms with van der Waals surface area (Å²) in [7, 11) is 0. The Hall–Kier alpha value is -0.0200. The lowest BCUT2D eigenvalue weighted by molar-refractivity contribution is -0.114. The van der Waals surface area contributed by atoms with Crippen LogP contribution in [0.15, 0.2) is 0 Å². The lowest BCUT2D eigenvalue weighted by Gasteiger charge is -1.99. The molecule has 0 aromatic rings. The van der Waals surface area contributed by atoms with Gasteiger partial charge in [-0.05, 0) is 12.8 Å². The second-order valence-corrected chi connectivity index (χ2v) is 3.25. The fourth-order valence-electron chi connectivity index (χ4n) is 0.942. The Morgan fingerprint density at radius 1 is 1.67 bits per heavy atom. The first-order chi connectivity index (χ1) is 4.34. The van der Waals surface area contributed by atoms with Gasteiger partial charge in [0, 0.05) is 11.7 Å². The van der Waals surface area contributed by atoms with Crippen molar-refractivity contribution < 1.29 is 9.90 Å². The monoisotopic (exact) mass is 145 g/mol. The normalized spacial score (nSPS) is 27.2. The van der Waals surface area contributed by atoms with Crippen molar-refractivity contribution in [1.29, 1.82) is 0 Å². The Kier molecular flexibility index (Phi) is 2.54. The SMILES string of the molecule is [O]CCC1CCSC1=O. The van der Waals surface area contributed by atoms with E-state index < -0.39 is 0 Å². The fraction of sp³-hybridized carbons (Fsp3) is 0.833. The van der Waals surface area contributed by atoms with Crippen LogP contribution in [0.4, 0.5) is 0 Å². The van der Waals surface area contributed by atoms with Crippen molar-refractivity contribution >= 4 is 16.9 Å². The minimum atomic E-state index is -0.100. The molecule has 0 aromatic carbocycles. The molecule has 51 valence electrons. The van der Waals surface area contributed by atoms with Gasteiger partial charge in [0.15, 0.2) is 5.12 Å². The maximum atomic E-state index is 10.8. The number of carbonyl (C=O) groups excluding carboxylic acids is 1. The zero-order valence-corrected chi connectivity index (χ0v) is 5.95. The summed E-state index contributed by atoms with van der Waals surface area (Å²) in [6, 6.07) is 0. The van der Waals surface area contributed by atoms with E-state index in [2.05, 4.69) is 0 Å². The van der Waals surface area contributed by atoms with Crippen molar-refractivity contribution in [2.24, 2.45) is 5.92 Å². The highest BCUT2D eigenvalue weighted by atomic mass is 32.2. The third-order valence-electron chi connectivity index (χ3n) is 1.51. The van der Waals surface area contributed by atoms with Crippen LogP contribution in [0.25, 0.3) is 0 Å². The molecule has 1 unspecified atom stereocenters. The molecule has 0 spiro atoms. The summed E-state index contributed by atoms with van der Waals surface area (Å²) in [5.41, 5.74) is 0. The highest BCUT2D eigenvalue weighted by molar-refractivity contribution is 8.14. The number of carbonyl (C=O) groups is 1. The zero-order chi connectivity index (χ0) is 6.69. The maximum Gasteiger partial charge on any atom is 0.192 e. The molecule has 1 saturated heterocycles. The summed E-state index contributed by atoms with van der Waals surface area (Å²) in [5, 5.41) is 10.3. The Labute approximate surface area is 58.6 Å². The number of hydrogen-bond acceptors (Lipinski definition) is 2. The first-order valence-corrected chi connectivity index (χ1v) is 4.08. The van der Waals surface area contributed by atoms with Crippen molar-refractivity contribution in [3.05, 3.63) is 0 Å². The predicted molar refractivity (Wildman–Crippen MR) is 35.7 cm³/mol. The molecule has 1 aliphatic rings. The molecular formula is C6H9O2S. The van der Waals surface area contributed by atoms with Crippen LogP contribution in [0.1, 0.15) is 12.8 Å². The van der Waals surface area contributed by atoms with Gasteiger partial charge < -0.3 is 0 Å². The van der Waals surface area contributed by atoms with Gasteiger partial charge in [0.25, 0.3) is 0 Å². The van der Waals surface area contributed by atoms with E-state index in [1.54, 1.807) is 0 Å². The molecule has 1 atom stereocenters. The third kappa shape index (κ3) is 1.69. The molecular weight excluding hydrogens is 136 g/mol. The van der Waals surface area contributed by atoms with Crippen molar-refractivity contribution in [3.63, 3.8) is 0 Å². The second-order valence-electron chi connectivity index (χ2n) is 2.15. The molecule has 1 rings (SSSR count). The van der Waals surface area contributed by atoms with Crippen LogP contribution in [-0.2, 0) is 9.90 Å². The van der Waals surface area contributed by atoms with Crippen LogP contribution in [0.5, 0.6) is 0 Å². The van der Waals surface area contributed by atoms with Gasteiger partial charge in [-0.25, -0.2) is 5.11 Å². The minimum Gasteiger partial charge on any atom is -0.287 e. The van der Waals surface area contributed by atoms with Gasteiger partial charge in [-0.2, -0.15) is 0 Å². The lowest BCUT2D eigenvalue weighted by Crippen LogP contribution is -2.05. The van der Waals surface area contributed by atoms with Crippen molar-refractivity contribution in [2.75, 3.05) is 12.4 Å². The first kappa shape index (κ1) is 7.09. The van der Waals surface area contributed by atoms with Crippen LogP contribution < -0.4 is 0 Å². The van der Waals surface area contributed by atoms with E-state index in [4.69, 9.17) is 0 Å². The molecule has 1 heterocycles. The summed E-state index contributed by atoms with van der Waals surface area (Å²) in [6.45, 7) is -0.100. The molecule has 9 heavy (non-hydrogen) atoms. The molecule has 0 bridgehead atoms. The Morgan fingerprint density at radius 2 is 2.44 bits per heavy atom. The van der Waals surface area contributed by atoms with E-state index in [1.165, 1.54) is 11.8 Å². The van der Waals surface area contributed by atoms with Crippen LogP contribution in [0, 0.1) is 5.92 Å². The molecule has 0 saturated carbocycles. The molecule has 3 heteroatoms. The smallest absolute Gasteiger partial charge is 0.192 e. The summed E-state index contributed by atoms with van der Waals surface area (Å²) in [6.07, 6.45) is 1.47. The van der Waals surface area contributed by atoms with Gasteiger partial charge in [-0.1, -0.05) is 11.8 Å². The highest BCUT2D eigenvalue weighted by Crippen LogP contribution is 2.27. The minimum absolute atomic E-state index is 0.0903. The Morgan fingerprint density at radius 3 is 2.89 bits per heavy atom. The van der Waals surface area contributed by atoms with Crippen molar-refractivity contribution in [3.8, 4) is 0 Å². The zero-order valence-electron chi connectivity index (χ0n) is 5.13. The van der Waals surface area contributed by atoms with Crippen LogP contribution >= 0.6 is 11.8 Å². The predicted octanol–water partition coefficient (Wildman–Crippen LogP) is 1.09. The Balaban J connectivity index is 2.31. The Bertz CT molecular complexity index is 114. The van der Waals surface area contributed by atoms with Crippen molar-refractivity contribution in [2.45, 2.75) is 12.8 Å². The molecule has 0 aliphatic carbocycles. The molecule has 0 N–H and O–H groups in total. The van der Waals surface area contributed by atoms with E-state index in [-0.39, 0.29) is 17.6 Å². The van der Waals surface area contributed by atoms with Gasteiger partial charge in [0.05, 0.1) is 6.61 Å². The molecule has 1 fully saturated rings. The molecule has 2 nitrogen and oxygen atoms in total. The number of hydrogen-bond donors (Lipinski definition) is 0. The van der Waals surface area contributed by atoms with Gasteiger partial charge in [-0.15, -0.1) is 0 Å². The summed E-state index contributed by atoms with van der Waals surface area (Å²) in [5.74, 6) is 1.01. The van der Waals surface area contributed by atoms with E-state index in [0.29, 0.717) is 6.42 Å². The quantitative estimate of drug-likeness (QED) is 0.583. The van der Waals surface area contributed by atoms with Crippen LogP contribution in [-0.4, -0.2) is 17.5 Å². The highest BCUT2D eigenvalue weighted by Gasteiger charge is 2.24. The standard InChI is InChI=1S/C6H9O2S/c7-3-1-5-2-4-9-6(5)8/h5H,1-4H2. The topological polar surface area (TPSA) is 37.0 Å². The second kappa shape index (κ2) is 3.22. The lowest BCUT2D eigenvalue weighted by atomic mass is 10.1. The van der Waals surface area contributed by atoms with Crippen LogP contribution in [0.3, 0.4) is 0 Å². The third-order valence-corrected chi connectivity index (χ3v) is 2.57. The van der Waals surface area contributed by atoms with E-state index in [0.717, 1.165) is 12.2 Å². The van der Waals surface area contributed by atoms with Gasteiger partial charge in [0.2, 0.25) is 0 Å². The fourth-order valence-corrected chi connectivity index (χ4v) is 2.02. The summed E-state index contributed by atoms with van der Waals surface area (Å²) < 4.78 is 0. The molecule has 1 radical (unpaired) electrons. The number of rotatable bonds is 2. The number of thioether (sulfide) groups is 1. The summed E-state index contributed by atoms with van der Waals surface area (Å²) >= 11 is 1.37. The average molecular weight is 145 g/mol. The molecule has 1 aliphatic heterocycles. The van der Waals surface area contributed by atoms with Gasteiger partial charge >= 0.3 is 0 Å². The van der Waals surface area contributed by atoms with E-state index >= 15 is 0 Å².